The number of hydrogen-bond donors (Lipinski definition) is 0. The van der Waals surface area contributed by atoms with Crippen LogP contribution in [0.15, 0.2) is 12.7 Å². The smallest absolute Gasteiger partial charge is 0.0147 e. The molecule has 0 heterocycles. The molecular formula is C11H22. The molecule has 0 fully saturated rings. The van der Waals surface area contributed by atoms with Gasteiger partial charge in [-0.1, -0.05) is 47.1 Å². The monoisotopic (exact) mass is 154 g/mol. The molecule has 0 nitrogen and oxygen atoms in total. The zero-order valence-corrected chi connectivity index (χ0v) is 8.65. The highest BCUT2D eigenvalue weighted by Crippen LogP contribution is 2.35. The SMILES string of the molecule is C=CC(C)(C)[C@@H](CC)C(C)C. The van der Waals surface area contributed by atoms with Crippen molar-refractivity contribution in [2.75, 3.05) is 0 Å². The van der Waals surface area contributed by atoms with Gasteiger partial charge < -0.3 is 0 Å². The largest absolute Gasteiger partial charge is 0.103 e. The predicted molar refractivity (Wildman–Crippen MR) is 52.6 cm³/mol. The fourth-order valence-corrected chi connectivity index (χ4v) is 2.01. The molecule has 0 aliphatic rings. The summed E-state index contributed by atoms with van der Waals surface area (Å²) in [5.74, 6) is 1.52. The van der Waals surface area contributed by atoms with Crippen molar-refractivity contribution in [3.8, 4) is 0 Å². The fraction of sp³-hybridized carbons (Fsp3) is 0.818. The zero-order chi connectivity index (χ0) is 9.07. The molecule has 0 amide bonds. The van der Waals surface area contributed by atoms with Gasteiger partial charge in [-0.25, -0.2) is 0 Å². The Balaban J connectivity index is 4.35. The lowest BCUT2D eigenvalue weighted by Crippen LogP contribution is -2.25. The summed E-state index contributed by atoms with van der Waals surface area (Å²) < 4.78 is 0. The summed E-state index contributed by atoms with van der Waals surface area (Å²) in [7, 11) is 0. The van der Waals surface area contributed by atoms with Gasteiger partial charge in [-0.15, -0.1) is 6.58 Å². The van der Waals surface area contributed by atoms with Gasteiger partial charge in [0.25, 0.3) is 0 Å². The maximum absolute atomic E-state index is 3.88. The average Bonchev–Trinajstić information content (AvgIpc) is 1.88. The first-order valence-corrected chi connectivity index (χ1v) is 4.59. The molecule has 0 spiro atoms. The number of allylic oxidation sites excluding steroid dienone is 1. The topological polar surface area (TPSA) is 0 Å². The molecule has 0 bridgehead atoms. The molecule has 0 heteroatoms. The van der Waals surface area contributed by atoms with Crippen LogP contribution in [-0.4, -0.2) is 0 Å². The second-order valence-electron chi connectivity index (χ2n) is 4.28. The van der Waals surface area contributed by atoms with E-state index in [1.165, 1.54) is 6.42 Å². The van der Waals surface area contributed by atoms with Crippen LogP contribution in [0.1, 0.15) is 41.0 Å². The van der Waals surface area contributed by atoms with Crippen LogP contribution >= 0.6 is 0 Å². The summed E-state index contributed by atoms with van der Waals surface area (Å²) in [6, 6.07) is 0. The Morgan fingerprint density at radius 3 is 1.91 bits per heavy atom. The van der Waals surface area contributed by atoms with E-state index in [0.717, 1.165) is 11.8 Å². The van der Waals surface area contributed by atoms with Crippen molar-refractivity contribution in [3.05, 3.63) is 12.7 Å². The minimum absolute atomic E-state index is 0.295. The lowest BCUT2D eigenvalue weighted by Gasteiger charge is -2.33. The van der Waals surface area contributed by atoms with Crippen molar-refractivity contribution in [3.63, 3.8) is 0 Å². The standard InChI is InChI=1S/C11H22/c1-7-10(9(3)4)11(5,6)8-2/h8-10H,2,7H2,1,3-6H3/t10-/m0/s1. The lowest BCUT2D eigenvalue weighted by molar-refractivity contribution is 0.205. The van der Waals surface area contributed by atoms with Crippen LogP contribution in [0.2, 0.25) is 0 Å². The number of hydrogen-bond acceptors (Lipinski definition) is 0. The Morgan fingerprint density at radius 1 is 1.36 bits per heavy atom. The average molecular weight is 154 g/mol. The van der Waals surface area contributed by atoms with Gasteiger partial charge in [0.05, 0.1) is 0 Å². The van der Waals surface area contributed by atoms with Crippen molar-refractivity contribution in [2.45, 2.75) is 41.0 Å². The summed E-state index contributed by atoms with van der Waals surface area (Å²) in [4.78, 5) is 0. The predicted octanol–water partition coefficient (Wildman–Crippen LogP) is 3.88. The zero-order valence-electron chi connectivity index (χ0n) is 8.65. The summed E-state index contributed by atoms with van der Waals surface area (Å²) in [5.41, 5.74) is 0.295. The van der Waals surface area contributed by atoms with Crippen LogP contribution in [0, 0.1) is 17.3 Å². The molecular weight excluding hydrogens is 132 g/mol. The van der Waals surface area contributed by atoms with E-state index in [1.807, 2.05) is 0 Å². The molecule has 0 saturated heterocycles. The molecule has 0 aliphatic carbocycles. The van der Waals surface area contributed by atoms with E-state index in [9.17, 15) is 0 Å². The fourth-order valence-electron chi connectivity index (χ4n) is 2.01. The Kier molecular flexibility index (Phi) is 3.85. The molecule has 11 heavy (non-hydrogen) atoms. The highest BCUT2D eigenvalue weighted by atomic mass is 14.3. The molecule has 0 aromatic carbocycles. The van der Waals surface area contributed by atoms with Crippen molar-refractivity contribution < 1.29 is 0 Å². The lowest BCUT2D eigenvalue weighted by atomic mass is 9.72. The van der Waals surface area contributed by atoms with E-state index in [4.69, 9.17) is 0 Å². The molecule has 66 valence electrons. The third kappa shape index (κ3) is 2.69. The van der Waals surface area contributed by atoms with Gasteiger partial charge in [-0.3, -0.25) is 0 Å². The van der Waals surface area contributed by atoms with E-state index in [-0.39, 0.29) is 0 Å². The highest BCUT2D eigenvalue weighted by molar-refractivity contribution is 4.93. The maximum atomic E-state index is 3.88. The van der Waals surface area contributed by atoms with E-state index >= 15 is 0 Å². The second kappa shape index (κ2) is 3.94. The van der Waals surface area contributed by atoms with Crippen LogP contribution in [0.4, 0.5) is 0 Å². The quantitative estimate of drug-likeness (QED) is 0.539. The van der Waals surface area contributed by atoms with Crippen molar-refractivity contribution in [1.82, 2.24) is 0 Å². The Bertz CT molecular complexity index is 120. The molecule has 0 aliphatic heterocycles. The molecule has 0 radical (unpaired) electrons. The molecule has 0 aromatic rings. The highest BCUT2D eigenvalue weighted by Gasteiger charge is 2.26. The van der Waals surface area contributed by atoms with E-state index in [1.54, 1.807) is 0 Å². The van der Waals surface area contributed by atoms with Crippen molar-refractivity contribution >= 4 is 0 Å². The first-order valence-electron chi connectivity index (χ1n) is 4.59. The van der Waals surface area contributed by atoms with Crippen molar-refractivity contribution in [1.29, 1.82) is 0 Å². The Labute approximate surface area is 71.7 Å². The van der Waals surface area contributed by atoms with E-state index in [0.29, 0.717) is 5.41 Å². The number of rotatable bonds is 4. The molecule has 1 atom stereocenters. The van der Waals surface area contributed by atoms with Crippen LogP contribution in [0.3, 0.4) is 0 Å². The molecule has 0 unspecified atom stereocenters. The van der Waals surface area contributed by atoms with Gasteiger partial charge in [0.15, 0.2) is 0 Å². The Morgan fingerprint density at radius 2 is 1.82 bits per heavy atom. The molecule has 0 saturated carbocycles. The molecule has 0 aromatic heterocycles. The van der Waals surface area contributed by atoms with Crippen LogP contribution in [0.25, 0.3) is 0 Å². The van der Waals surface area contributed by atoms with Crippen LogP contribution in [0.5, 0.6) is 0 Å². The summed E-state index contributed by atoms with van der Waals surface area (Å²) in [6.07, 6.45) is 3.33. The maximum Gasteiger partial charge on any atom is -0.0147 e. The van der Waals surface area contributed by atoms with Gasteiger partial charge in [-0.2, -0.15) is 0 Å². The summed E-state index contributed by atoms with van der Waals surface area (Å²) >= 11 is 0. The first kappa shape index (κ1) is 10.7. The minimum Gasteiger partial charge on any atom is -0.103 e. The van der Waals surface area contributed by atoms with Crippen LogP contribution < -0.4 is 0 Å². The van der Waals surface area contributed by atoms with E-state index < -0.39 is 0 Å². The summed E-state index contributed by atoms with van der Waals surface area (Å²) in [6.45, 7) is 15.3. The first-order chi connectivity index (χ1) is 4.95. The Hall–Kier alpha value is -0.260. The van der Waals surface area contributed by atoms with Crippen molar-refractivity contribution in [2.24, 2.45) is 17.3 Å². The van der Waals surface area contributed by atoms with Gasteiger partial charge in [0.2, 0.25) is 0 Å². The van der Waals surface area contributed by atoms with Gasteiger partial charge in [0.1, 0.15) is 0 Å². The van der Waals surface area contributed by atoms with Gasteiger partial charge >= 0.3 is 0 Å². The third-order valence-corrected chi connectivity index (χ3v) is 2.73. The molecule has 0 rings (SSSR count). The van der Waals surface area contributed by atoms with Crippen LogP contribution in [-0.2, 0) is 0 Å². The van der Waals surface area contributed by atoms with Gasteiger partial charge in [0, 0.05) is 0 Å². The van der Waals surface area contributed by atoms with E-state index in [2.05, 4.69) is 47.3 Å². The summed E-state index contributed by atoms with van der Waals surface area (Å²) in [5, 5.41) is 0. The van der Waals surface area contributed by atoms with Gasteiger partial charge in [-0.05, 0) is 17.3 Å². The normalized spacial score (nSPS) is 15.1. The minimum atomic E-state index is 0.295. The second-order valence-corrected chi connectivity index (χ2v) is 4.28. The third-order valence-electron chi connectivity index (χ3n) is 2.73. The molecule has 0 N–H and O–H groups in total.